The molecule has 1 amide bonds. The second-order valence-corrected chi connectivity index (χ2v) is 6.17. The van der Waals surface area contributed by atoms with Crippen molar-refractivity contribution in [2.75, 3.05) is 0 Å². The molecule has 3 N–H and O–H groups in total. The van der Waals surface area contributed by atoms with E-state index >= 15 is 0 Å². The summed E-state index contributed by atoms with van der Waals surface area (Å²) in [6, 6.07) is 4.65. The molecule has 116 valence electrons. The molecule has 1 saturated carbocycles. The Morgan fingerprint density at radius 1 is 1.33 bits per heavy atom. The molecule has 0 spiro atoms. The number of benzene rings is 1. The van der Waals surface area contributed by atoms with Crippen molar-refractivity contribution >= 4 is 46.6 Å². The molecule has 0 saturated heterocycles. The zero-order chi connectivity index (χ0) is 14.7. The SMILES string of the molecule is Cl.NC1CCC(NC(=O)c2ccc([N+](=O)[O-])cc2I)CC1. The van der Waals surface area contributed by atoms with Crippen molar-refractivity contribution < 1.29 is 9.72 Å². The standard InChI is InChI=1S/C13H16IN3O3.ClH/c14-12-7-10(17(19)20)5-6-11(12)13(18)16-9-3-1-8(15)2-4-9;/h5-9H,1-4,15H2,(H,16,18);1H. The van der Waals surface area contributed by atoms with Gasteiger partial charge in [0.1, 0.15) is 0 Å². The Kier molecular flexibility index (Phi) is 6.82. The number of non-ortho nitro benzene ring substituents is 1. The Morgan fingerprint density at radius 3 is 2.48 bits per heavy atom. The maximum atomic E-state index is 12.2. The number of hydrogen-bond donors (Lipinski definition) is 2. The van der Waals surface area contributed by atoms with Crippen LogP contribution in [0, 0.1) is 13.7 Å². The smallest absolute Gasteiger partial charge is 0.270 e. The Labute approximate surface area is 142 Å². The van der Waals surface area contributed by atoms with Crippen molar-refractivity contribution in [2.24, 2.45) is 5.73 Å². The Bertz CT molecular complexity index is 533. The minimum Gasteiger partial charge on any atom is -0.349 e. The van der Waals surface area contributed by atoms with Crippen LogP contribution >= 0.6 is 35.0 Å². The van der Waals surface area contributed by atoms with Gasteiger partial charge in [-0.2, -0.15) is 0 Å². The van der Waals surface area contributed by atoms with Crippen molar-refractivity contribution in [3.8, 4) is 0 Å². The average Bonchev–Trinajstić information content (AvgIpc) is 2.41. The van der Waals surface area contributed by atoms with Crippen molar-refractivity contribution in [1.82, 2.24) is 5.32 Å². The fraction of sp³-hybridized carbons (Fsp3) is 0.462. The Hall–Kier alpha value is -0.930. The van der Waals surface area contributed by atoms with Crippen LogP contribution in [-0.4, -0.2) is 22.9 Å². The highest BCUT2D eigenvalue weighted by Crippen LogP contribution is 2.21. The third-order valence-electron chi connectivity index (χ3n) is 3.52. The summed E-state index contributed by atoms with van der Waals surface area (Å²) in [5, 5.41) is 13.6. The van der Waals surface area contributed by atoms with Crippen LogP contribution in [0.5, 0.6) is 0 Å². The number of nitrogens with zero attached hydrogens (tertiary/aromatic N) is 1. The molecule has 0 unspecified atom stereocenters. The van der Waals surface area contributed by atoms with Gasteiger partial charge in [-0.25, -0.2) is 0 Å². The van der Waals surface area contributed by atoms with Gasteiger partial charge in [0.15, 0.2) is 0 Å². The number of carbonyl (C=O) groups is 1. The molecule has 0 atom stereocenters. The van der Waals surface area contributed by atoms with Gasteiger partial charge in [-0.05, 0) is 54.3 Å². The van der Waals surface area contributed by atoms with E-state index in [0.29, 0.717) is 9.13 Å². The zero-order valence-electron chi connectivity index (χ0n) is 11.3. The van der Waals surface area contributed by atoms with Gasteiger partial charge in [0.2, 0.25) is 0 Å². The first kappa shape index (κ1) is 18.1. The predicted octanol–water partition coefficient (Wildman–Crippen LogP) is 2.62. The van der Waals surface area contributed by atoms with Crippen LogP contribution in [0.25, 0.3) is 0 Å². The van der Waals surface area contributed by atoms with Crippen LogP contribution in [0.2, 0.25) is 0 Å². The van der Waals surface area contributed by atoms with Gasteiger partial charge in [0.25, 0.3) is 11.6 Å². The van der Waals surface area contributed by atoms with E-state index in [0.717, 1.165) is 25.7 Å². The third kappa shape index (κ3) is 4.79. The molecule has 0 heterocycles. The number of carbonyl (C=O) groups excluding carboxylic acids is 1. The van der Waals surface area contributed by atoms with E-state index in [9.17, 15) is 14.9 Å². The van der Waals surface area contributed by atoms with Gasteiger partial charge in [-0.15, -0.1) is 12.4 Å². The highest BCUT2D eigenvalue weighted by Gasteiger charge is 2.22. The van der Waals surface area contributed by atoms with Gasteiger partial charge < -0.3 is 11.1 Å². The second-order valence-electron chi connectivity index (χ2n) is 5.01. The van der Waals surface area contributed by atoms with Crippen LogP contribution in [0.1, 0.15) is 36.0 Å². The summed E-state index contributed by atoms with van der Waals surface area (Å²) in [5.74, 6) is -0.176. The van der Waals surface area contributed by atoms with E-state index in [-0.39, 0.29) is 36.1 Å². The third-order valence-corrected chi connectivity index (χ3v) is 4.41. The molecule has 8 heteroatoms. The zero-order valence-corrected chi connectivity index (χ0v) is 14.2. The summed E-state index contributed by atoms with van der Waals surface area (Å²) < 4.78 is 0.585. The van der Waals surface area contributed by atoms with Crippen molar-refractivity contribution in [1.29, 1.82) is 0 Å². The molecule has 0 aromatic heterocycles. The van der Waals surface area contributed by atoms with E-state index in [1.54, 1.807) is 0 Å². The maximum Gasteiger partial charge on any atom is 0.270 e. The first-order valence-electron chi connectivity index (χ1n) is 6.47. The van der Waals surface area contributed by atoms with Crippen LogP contribution in [-0.2, 0) is 0 Å². The lowest BCUT2D eigenvalue weighted by molar-refractivity contribution is -0.384. The van der Waals surface area contributed by atoms with Crippen LogP contribution in [0.4, 0.5) is 5.69 Å². The summed E-state index contributed by atoms with van der Waals surface area (Å²) >= 11 is 1.95. The van der Waals surface area contributed by atoms with Crippen LogP contribution < -0.4 is 11.1 Å². The van der Waals surface area contributed by atoms with E-state index < -0.39 is 4.92 Å². The molecule has 0 bridgehead atoms. The number of halogens is 2. The van der Waals surface area contributed by atoms with Gasteiger partial charge in [-0.3, -0.25) is 14.9 Å². The lowest BCUT2D eigenvalue weighted by Gasteiger charge is -2.26. The molecular formula is C13H17ClIN3O3. The lowest BCUT2D eigenvalue weighted by atomic mass is 9.91. The molecule has 2 rings (SSSR count). The van der Waals surface area contributed by atoms with Gasteiger partial charge in [-0.1, -0.05) is 0 Å². The molecule has 1 aromatic carbocycles. The van der Waals surface area contributed by atoms with Crippen LogP contribution in [0.15, 0.2) is 18.2 Å². The minimum atomic E-state index is -0.466. The number of hydrogen-bond acceptors (Lipinski definition) is 4. The molecular weight excluding hydrogens is 409 g/mol. The van der Waals surface area contributed by atoms with Crippen molar-refractivity contribution in [3.63, 3.8) is 0 Å². The second kappa shape index (κ2) is 7.90. The summed E-state index contributed by atoms with van der Waals surface area (Å²) in [6.07, 6.45) is 3.61. The normalized spacial score (nSPS) is 21.2. The fourth-order valence-corrected chi connectivity index (χ4v) is 3.07. The first-order chi connectivity index (χ1) is 9.47. The number of nitro benzene ring substituents is 1. The van der Waals surface area contributed by atoms with Crippen molar-refractivity contribution in [3.05, 3.63) is 37.4 Å². The van der Waals surface area contributed by atoms with Gasteiger partial charge in [0.05, 0.1) is 10.5 Å². The van der Waals surface area contributed by atoms with E-state index in [1.165, 1.54) is 18.2 Å². The van der Waals surface area contributed by atoms with Gasteiger partial charge in [0, 0.05) is 27.8 Å². The molecule has 0 aliphatic heterocycles. The first-order valence-corrected chi connectivity index (χ1v) is 7.55. The monoisotopic (exact) mass is 425 g/mol. The Morgan fingerprint density at radius 2 is 1.95 bits per heavy atom. The predicted molar refractivity (Wildman–Crippen MR) is 90.8 cm³/mol. The fourth-order valence-electron chi connectivity index (χ4n) is 2.33. The van der Waals surface area contributed by atoms with Crippen molar-refractivity contribution in [2.45, 2.75) is 37.8 Å². The summed E-state index contributed by atoms with van der Waals surface area (Å²) in [7, 11) is 0. The van der Waals surface area contributed by atoms with E-state index in [4.69, 9.17) is 5.73 Å². The lowest BCUT2D eigenvalue weighted by Crippen LogP contribution is -2.40. The summed E-state index contributed by atoms with van der Waals surface area (Å²) in [5.41, 5.74) is 6.30. The number of nitro groups is 1. The quantitative estimate of drug-likeness (QED) is 0.442. The van der Waals surface area contributed by atoms with E-state index in [1.807, 2.05) is 22.6 Å². The number of rotatable bonds is 3. The molecule has 1 aromatic rings. The minimum absolute atomic E-state index is 0. The highest BCUT2D eigenvalue weighted by molar-refractivity contribution is 14.1. The number of amides is 1. The van der Waals surface area contributed by atoms with Gasteiger partial charge >= 0.3 is 0 Å². The molecule has 6 nitrogen and oxygen atoms in total. The molecule has 0 radical (unpaired) electrons. The molecule has 1 aliphatic rings. The number of nitrogens with one attached hydrogen (secondary N) is 1. The molecule has 1 fully saturated rings. The van der Waals surface area contributed by atoms with E-state index in [2.05, 4.69) is 5.32 Å². The molecule has 21 heavy (non-hydrogen) atoms. The topological polar surface area (TPSA) is 98.3 Å². The van der Waals surface area contributed by atoms with Crippen LogP contribution in [0.3, 0.4) is 0 Å². The summed E-state index contributed by atoms with van der Waals surface area (Å²) in [4.78, 5) is 22.4. The average molecular weight is 426 g/mol. The Balaban J connectivity index is 0.00000220. The maximum absolute atomic E-state index is 12.2. The summed E-state index contributed by atoms with van der Waals surface area (Å²) in [6.45, 7) is 0. The number of nitrogens with two attached hydrogens (primary N) is 1. The largest absolute Gasteiger partial charge is 0.349 e. The highest BCUT2D eigenvalue weighted by atomic mass is 127. The molecule has 1 aliphatic carbocycles.